The van der Waals surface area contributed by atoms with Crippen LogP contribution in [0.5, 0.6) is 0 Å². The van der Waals surface area contributed by atoms with Crippen molar-refractivity contribution in [3.8, 4) is 0 Å². The van der Waals surface area contributed by atoms with Gasteiger partial charge in [0.15, 0.2) is 5.82 Å². The molecule has 3 N–H and O–H groups in total. The molecule has 32 heavy (non-hydrogen) atoms. The number of hydrogen-bond acceptors (Lipinski definition) is 10. The highest BCUT2D eigenvalue weighted by molar-refractivity contribution is 7.14. The first-order valence-corrected chi connectivity index (χ1v) is 10.9. The maximum absolute atomic E-state index is 12.0. The fourth-order valence-corrected chi connectivity index (χ4v) is 3.94. The van der Waals surface area contributed by atoms with E-state index in [0.29, 0.717) is 16.8 Å². The third kappa shape index (κ3) is 5.25. The molecule has 10 nitrogen and oxygen atoms in total. The molecule has 12 heteroatoms. The quantitative estimate of drug-likeness (QED) is 0.333. The molecule has 0 spiro atoms. The van der Waals surface area contributed by atoms with Gasteiger partial charge >= 0.3 is 5.97 Å². The summed E-state index contributed by atoms with van der Waals surface area (Å²) >= 11 is 7.50. The Morgan fingerprint density at radius 1 is 1.19 bits per heavy atom. The van der Waals surface area contributed by atoms with Gasteiger partial charge in [0.05, 0.1) is 25.0 Å². The van der Waals surface area contributed by atoms with E-state index in [0.717, 1.165) is 37.7 Å². The molecule has 0 radical (unpaired) electrons. The molecule has 0 aliphatic carbocycles. The number of thiophene rings is 1. The molecule has 0 atom stereocenters. The van der Waals surface area contributed by atoms with Crippen LogP contribution in [0.3, 0.4) is 0 Å². The molecule has 1 aromatic carbocycles. The molecule has 0 bridgehead atoms. The normalized spacial score (nSPS) is 13.3. The minimum atomic E-state index is -0.718. The standard InChI is InChI=1S/C20H19ClN6O4S/c21-16-11-22-20(24-13-1-3-14(4-2-13)27-6-8-30-9-7-27)26-17(16)25-18-15(5-10-32-18)19(29)31-23-12-28/h1-5,10-12H,6-9H2,(H,23,28)(H2,22,24,25,26). The number of benzene rings is 1. The first kappa shape index (κ1) is 21.8. The van der Waals surface area contributed by atoms with E-state index in [1.54, 1.807) is 11.4 Å². The summed E-state index contributed by atoms with van der Waals surface area (Å²) in [5.41, 5.74) is 4.04. The van der Waals surface area contributed by atoms with Crippen LogP contribution in [0.25, 0.3) is 0 Å². The Kier molecular flexibility index (Phi) is 7.00. The number of carbonyl (C=O) groups excluding carboxylic acids is 2. The van der Waals surface area contributed by atoms with Crippen molar-refractivity contribution in [3.05, 3.63) is 52.5 Å². The van der Waals surface area contributed by atoms with Crippen molar-refractivity contribution >= 4 is 63.5 Å². The highest BCUT2D eigenvalue weighted by atomic mass is 35.5. The van der Waals surface area contributed by atoms with Gasteiger partial charge in [-0.15, -0.1) is 11.3 Å². The van der Waals surface area contributed by atoms with Crippen LogP contribution in [-0.4, -0.2) is 48.7 Å². The molecule has 0 unspecified atom stereocenters. The van der Waals surface area contributed by atoms with Crippen LogP contribution >= 0.6 is 22.9 Å². The Bertz CT molecular complexity index is 1090. The summed E-state index contributed by atoms with van der Waals surface area (Å²) in [5.74, 6) is -0.0713. The summed E-state index contributed by atoms with van der Waals surface area (Å²) in [4.78, 5) is 37.9. The van der Waals surface area contributed by atoms with Gasteiger partial charge in [-0.3, -0.25) is 4.79 Å². The summed E-state index contributed by atoms with van der Waals surface area (Å²) in [6.45, 7) is 3.19. The largest absolute Gasteiger partial charge is 0.378 e. The van der Waals surface area contributed by atoms with Gasteiger partial charge in [0.2, 0.25) is 12.4 Å². The van der Waals surface area contributed by atoms with E-state index < -0.39 is 5.97 Å². The van der Waals surface area contributed by atoms with Crippen LogP contribution < -0.4 is 21.0 Å². The van der Waals surface area contributed by atoms with E-state index in [1.165, 1.54) is 17.5 Å². The lowest BCUT2D eigenvalue weighted by Gasteiger charge is -2.28. The van der Waals surface area contributed by atoms with Gasteiger partial charge in [0, 0.05) is 24.5 Å². The zero-order chi connectivity index (χ0) is 22.3. The van der Waals surface area contributed by atoms with Gasteiger partial charge in [0.25, 0.3) is 0 Å². The van der Waals surface area contributed by atoms with Crippen LogP contribution in [0.1, 0.15) is 10.4 Å². The molecule has 3 aromatic rings. The van der Waals surface area contributed by atoms with Crippen molar-refractivity contribution in [1.82, 2.24) is 15.4 Å². The maximum atomic E-state index is 12.0. The molecule has 166 valence electrons. The van der Waals surface area contributed by atoms with E-state index in [4.69, 9.17) is 16.3 Å². The summed E-state index contributed by atoms with van der Waals surface area (Å²) in [6.07, 6.45) is 1.73. The Morgan fingerprint density at radius 2 is 1.97 bits per heavy atom. The highest BCUT2D eigenvalue weighted by Gasteiger charge is 2.17. The number of morpholine rings is 1. The van der Waals surface area contributed by atoms with Crippen molar-refractivity contribution in [3.63, 3.8) is 0 Å². The Balaban J connectivity index is 1.46. The lowest BCUT2D eigenvalue weighted by molar-refractivity contribution is -0.117. The summed E-state index contributed by atoms with van der Waals surface area (Å²) in [6, 6.07) is 9.51. The van der Waals surface area contributed by atoms with Crippen LogP contribution in [-0.2, 0) is 14.4 Å². The molecular formula is C20H19ClN6O4S. The van der Waals surface area contributed by atoms with Gasteiger partial charge in [0.1, 0.15) is 10.0 Å². The van der Waals surface area contributed by atoms with Gasteiger partial charge in [-0.1, -0.05) is 11.6 Å². The summed E-state index contributed by atoms with van der Waals surface area (Å²) in [7, 11) is 0. The first-order chi connectivity index (χ1) is 15.6. The van der Waals surface area contributed by atoms with Gasteiger partial charge < -0.3 is 25.1 Å². The number of aromatic nitrogens is 2. The van der Waals surface area contributed by atoms with E-state index in [-0.39, 0.29) is 17.0 Å². The second-order valence-electron chi connectivity index (χ2n) is 6.58. The Hall–Kier alpha value is -3.41. The van der Waals surface area contributed by atoms with Crippen molar-refractivity contribution in [2.45, 2.75) is 0 Å². The maximum Gasteiger partial charge on any atom is 0.365 e. The second kappa shape index (κ2) is 10.3. The van der Waals surface area contributed by atoms with Crippen LogP contribution in [0.15, 0.2) is 41.9 Å². The van der Waals surface area contributed by atoms with Crippen molar-refractivity contribution in [1.29, 1.82) is 0 Å². The number of amides is 1. The third-order valence-corrected chi connectivity index (χ3v) is 5.67. The van der Waals surface area contributed by atoms with Crippen molar-refractivity contribution in [2.24, 2.45) is 0 Å². The lowest BCUT2D eigenvalue weighted by Crippen LogP contribution is -2.36. The highest BCUT2D eigenvalue weighted by Crippen LogP contribution is 2.31. The molecule has 1 aliphatic rings. The average molecular weight is 475 g/mol. The van der Waals surface area contributed by atoms with Crippen LogP contribution in [0, 0.1) is 0 Å². The zero-order valence-electron chi connectivity index (χ0n) is 16.7. The Morgan fingerprint density at radius 3 is 2.72 bits per heavy atom. The molecule has 1 saturated heterocycles. The van der Waals surface area contributed by atoms with Gasteiger partial charge in [-0.25, -0.2) is 9.78 Å². The Labute approximate surface area is 192 Å². The zero-order valence-corrected chi connectivity index (χ0v) is 18.3. The first-order valence-electron chi connectivity index (χ1n) is 9.61. The summed E-state index contributed by atoms with van der Waals surface area (Å²) < 4.78 is 5.39. The molecule has 3 heterocycles. The molecular weight excluding hydrogens is 456 g/mol. The van der Waals surface area contributed by atoms with Crippen LogP contribution in [0.4, 0.5) is 28.1 Å². The number of ether oxygens (including phenoxy) is 1. The van der Waals surface area contributed by atoms with Gasteiger partial charge in [-0.2, -0.15) is 10.5 Å². The van der Waals surface area contributed by atoms with Gasteiger partial charge in [-0.05, 0) is 35.7 Å². The molecule has 4 rings (SSSR count). The number of anilines is 5. The van der Waals surface area contributed by atoms with E-state index in [1.807, 2.05) is 29.7 Å². The fraction of sp³-hybridized carbons (Fsp3) is 0.200. The number of rotatable bonds is 8. The van der Waals surface area contributed by atoms with E-state index >= 15 is 0 Å². The second-order valence-corrected chi connectivity index (χ2v) is 7.90. The number of nitrogens with one attached hydrogen (secondary N) is 3. The van der Waals surface area contributed by atoms with Crippen molar-refractivity contribution in [2.75, 3.05) is 41.8 Å². The topological polar surface area (TPSA) is 118 Å². The fourth-order valence-electron chi connectivity index (χ4n) is 3.03. The molecule has 0 saturated carbocycles. The predicted octanol–water partition coefficient (Wildman–Crippen LogP) is 3.33. The van der Waals surface area contributed by atoms with E-state index in [9.17, 15) is 9.59 Å². The minimum absolute atomic E-state index is 0.229. The number of nitrogens with zero attached hydrogens (tertiary/aromatic N) is 3. The minimum Gasteiger partial charge on any atom is -0.378 e. The average Bonchev–Trinajstić information content (AvgIpc) is 3.29. The molecule has 1 fully saturated rings. The number of hydroxylamine groups is 1. The monoisotopic (exact) mass is 474 g/mol. The smallest absolute Gasteiger partial charge is 0.365 e. The third-order valence-electron chi connectivity index (χ3n) is 4.56. The number of carbonyl (C=O) groups is 2. The van der Waals surface area contributed by atoms with Crippen LogP contribution in [0.2, 0.25) is 5.02 Å². The van der Waals surface area contributed by atoms with Crippen molar-refractivity contribution < 1.29 is 19.2 Å². The lowest BCUT2D eigenvalue weighted by atomic mass is 10.2. The molecule has 2 aromatic heterocycles. The summed E-state index contributed by atoms with van der Waals surface area (Å²) in [5, 5.41) is 8.60. The molecule has 1 amide bonds. The van der Waals surface area contributed by atoms with E-state index in [2.05, 4.69) is 30.3 Å². The number of halogens is 1. The SMILES string of the molecule is O=CNOC(=O)c1ccsc1Nc1nc(Nc2ccc(N3CCOCC3)cc2)ncc1Cl. The molecule has 1 aliphatic heterocycles. The predicted molar refractivity (Wildman–Crippen MR) is 122 cm³/mol. The number of hydrogen-bond donors (Lipinski definition) is 3.